The average Bonchev–Trinajstić information content (AvgIpc) is 3.43. The molecule has 150 valence electrons. The van der Waals surface area contributed by atoms with Crippen LogP contribution in [-0.4, -0.2) is 30.2 Å². The number of hydrogen-bond donors (Lipinski definition) is 2. The largest absolute Gasteiger partial charge is 0.384 e. The van der Waals surface area contributed by atoms with E-state index in [1.165, 1.54) is 0 Å². The lowest BCUT2D eigenvalue weighted by molar-refractivity contribution is 0.686. The number of nitrogens with zero attached hydrogens (tertiary/aromatic N) is 6. The smallest absolute Gasteiger partial charge is 0.203 e. The third-order valence-electron chi connectivity index (χ3n) is 5.10. The number of nitrogens with two attached hydrogens (primary N) is 1. The van der Waals surface area contributed by atoms with Gasteiger partial charge in [-0.15, -0.1) is 5.10 Å². The molecule has 5 aromatic rings. The van der Waals surface area contributed by atoms with Crippen LogP contribution >= 0.6 is 0 Å². The van der Waals surface area contributed by atoms with Gasteiger partial charge in [0.15, 0.2) is 0 Å². The van der Waals surface area contributed by atoms with Gasteiger partial charge in [0.25, 0.3) is 0 Å². The fourth-order valence-electron chi connectivity index (χ4n) is 3.62. The van der Waals surface area contributed by atoms with Gasteiger partial charge in [-0.1, -0.05) is 36.4 Å². The molecule has 5 rings (SSSR count). The van der Waals surface area contributed by atoms with Crippen LogP contribution in [0.25, 0.3) is 22.3 Å². The minimum atomic E-state index is 0.421. The summed E-state index contributed by atoms with van der Waals surface area (Å²) in [7, 11) is 0. The van der Waals surface area contributed by atoms with Gasteiger partial charge in [0.2, 0.25) is 5.65 Å². The maximum absolute atomic E-state index is 9.09. The Balaban J connectivity index is 1.31. The Morgan fingerprint density at radius 1 is 1.00 bits per heavy atom. The van der Waals surface area contributed by atoms with Crippen molar-refractivity contribution in [2.45, 2.75) is 13.0 Å². The van der Waals surface area contributed by atoms with E-state index in [1.807, 2.05) is 41.3 Å². The van der Waals surface area contributed by atoms with E-state index in [0.29, 0.717) is 30.0 Å². The summed E-state index contributed by atoms with van der Waals surface area (Å²) in [6.45, 7) is 0.663. The Morgan fingerprint density at radius 3 is 2.71 bits per heavy atom. The summed E-state index contributed by atoms with van der Waals surface area (Å²) >= 11 is 0. The van der Waals surface area contributed by atoms with E-state index in [1.54, 1.807) is 6.07 Å². The quantitative estimate of drug-likeness (QED) is 0.462. The summed E-state index contributed by atoms with van der Waals surface area (Å²) in [6, 6.07) is 19.9. The van der Waals surface area contributed by atoms with Crippen LogP contribution < -0.4 is 5.73 Å². The first kappa shape index (κ1) is 18.5. The summed E-state index contributed by atoms with van der Waals surface area (Å²) in [5.74, 6) is 0.421. The fourth-order valence-corrected chi connectivity index (χ4v) is 3.62. The predicted octanol–water partition coefficient (Wildman–Crippen LogP) is 3.31. The van der Waals surface area contributed by atoms with Crippen LogP contribution in [0.15, 0.2) is 67.0 Å². The fraction of sp³-hybridized carbons (Fsp3) is 0.0870. The summed E-state index contributed by atoms with van der Waals surface area (Å²) in [5.41, 5.74) is 13.0. The number of hydrogen-bond acceptors (Lipinski definition) is 6. The number of nitrogens with one attached hydrogen (secondary N) is 1. The Hall–Kier alpha value is -4.51. The monoisotopic (exact) mass is 406 g/mol. The Bertz CT molecular complexity index is 1410. The molecule has 0 unspecified atom stereocenters. The Morgan fingerprint density at radius 2 is 1.87 bits per heavy atom. The number of nitrogen functional groups attached to an aromatic ring is 1. The van der Waals surface area contributed by atoms with Gasteiger partial charge < -0.3 is 5.73 Å². The molecule has 0 amide bonds. The Labute approximate surface area is 178 Å². The lowest BCUT2D eigenvalue weighted by Gasteiger charge is -2.06. The second kappa shape index (κ2) is 7.72. The number of aromatic amines is 1. The van der Waals surface area contributed by atoms with Crippen LogP contribution in [0, 0.1) is 11.3 Å². The number of aromatic nitrogens is 6. The zero-order valence-electron chi connectivity index (χ0n) is 16.5. The first-order valence-corrected chi connectivity index (χ1v) is 9.74. The highest BCUT2D eigenvalue weighted by molar-refractivity contribution is 5.76. The van der Waals surface area contributed by atoms with Crippen LogP contribution in [0.3, 0.4) is 0 Å². The summed E-state index contributed by atoms with van der Waals surface area (Å²) in [6.07, 6.45) is 4.51. The highest BCUT2D eigenvalue weighted by atomic mass is 15.3. The van der Waals surface area contributed by atoms with E-state index < -0.39 is 0 Å². The van der Waals surface area contributed by atoms with Crippen LogP contribution in [0.2, 0.25) is 0 Å². The molecule has 3 aromatic heterocycles. The van der Waals surface area contributed by atoms with Crippen molar-refractivity contribution in [1.29, 1.82) is 5.26 Å². The summed E-state index contributed by atoms with van der Waals surface area (Å²) < 4.78 is 1.91. The van der Waals surface area contributed by atoms with Gasteiger partial charge in [-0.3, -0.25) is 4.68 Å². The van der Waals surface area contributed by atoms with Gasteiger partial charge in [0, 0.05) is 12.6 Å². The minimum Gasteiger partial charge on any atom is -0.384 e. The molecule has 3 heterocycles. The van der Waals surface area contributed by atoms with Crippen molar-refractivity contribution in [3.05, 3.63) is 89.2 Å². The molecule has 0 aliphatic rings. The first-order chi connectivity index (χ1) is 15.2. The molecule has 0 saturated heterocycles. The van der Waals surface area contributed by atoms with Gasteiger partial charge in [-0.25, -0.2) is 4.98 Å². The van der Waals surface area contributed by atoms with Crippen molar-refractivity contribution >= 4 is 17.0 Å². The topological polar surface area (TPSA) is 122 Å². The van der Waals surface area contributed by atoms with Gasteiger partial charge >= 0.3 is 0 Å². The second-order valence-corrected chi connectivity index (χ2v) is 7.31. The van der Waals surface area contributed by atoms with Gasteiger partial charge in [-0.2, -0.15) is 20.7 Å². The summed E-state index contributed by atoms with van der Waals surface area (Å²) in [5, 5.41) is 24.4. The van der Waals surface area contributed by atoms with E-state index in [2.05, 4.69) is 55.8 Å². The molecule has 0 fully saturated rings. The molecule has 8 nitrogen and oxygen atoms in total. The minimum absolute atomic E-state index is 0.421. The maximum atomic E-state index is 9.09. The van der Waals surface area contributed by atoms with E-state index in [9.17, 15) is 0 Å². The standard InChI is InChI=1S/C23H18N8/c24-11-16-2-1-3-19(8-16)18-6-4-15(5-7-18)13-31-14-17(12-26-31)9-20-10-21(25)27-23-22(20)28-30-29-23/h1-8,10,12,14H,9,13H2,(H3,25,27,28,29,30). The molecule has 0 atom stereocenters. The van der Waals surface area contributed by atoms with Crippen LogP contribution in [0.1, 0.15) is 22.3 Å². The molecule has 0 spiro atoms. The zero-order chi connectivity index (χ0) is 21.2. The molecule has 8 heteroatoms. The van der Waals surface area contributed by atoms with Crippen LogP contribution in [-0.2, 0) is 13.0 Å². The second-order valence-electron chi connectivity index (χ2n) is 7.31. The number of pyridine rings is 1. The molecule has 0 aliphatic heterocycles. The van der Waals surface area contributed by atoms with Crippen molar-refractivity contribution in [3.8, 4) is 17.2 Å². The molecule has 0 saturated carbocycles. The number of fused-ring (bicyclic) bond motifs is 1. The van der Waals surface area contributed by atoms with Crippen molar-refractivity contribution in [3.63, 3.8) is 0 Å². The Kier molecular flexibility index (Phi) is 4.61. The molecule has 3 N–H and O–H groups in total. The van der Waals surface area contributed by atoms with E-state index in [4.69, 9.17) is 11.0 Å². The first-order valence-electron chi connectivity index (χ1n) is 9.74. The highest BCUT2D eigenvalue weighted by Gasteiger charge is 2.10. The average molecular weight is 406 g/mol. The molecular formula is C23H18N8. The van der Waals surface area contributed by atoms with E-state index in [0.717, 1.165) is 33.3 Å². The molecule has 31 heavy (non-hydrogen) atoms. The number of H-pyrrole nitrogens is 1. The normalized spacial score (nSPS) is 10.9. The number of benzene rings is 2. The van der Waals surface area contributed by atoms with Crippen molar-refractivity contribution in [2.75, 3.05) is 5.73 Å². The van der Waals surface area contributed by atoms with E-state index >= 15 is 0 Å². The van der Waals surface area contributed by atoms with Crippen molar-refractivity contribution < 1.29 is 0 Å². The molecule has 0 radical (unpaired) electrons. The van der Waals surface area contributed by atoms with Crippen molar-refractivity contribution in [1.82, 2.24) is 30.2 Å². The van der Waals surface area contributed by atoms with Gasteiger partial charge in [0.1, 0.15) is 11.3 Å². The lowest BCUT2D eigenvalue weighted by atomic mass is 10.0. The molecule has 2 aromatic carbocycles. The number of rotatable bonds is 5. The van der Waals surface area contributed by atoms with Gasteiger partial charge in [-0.05, 0) is 46.0 Å². The third-order valence-corrected chi connectivity index (χ3v) is 5.10. The van der Waals surface area contributed by atoms with Crippen molar-refractivity contribution in [2.24, 2.45) is 0 Å². The zero-order valence-corrected chi connectivity index (χ0v) is 16.5. The number of nitriles is 1. The van der Waals surface area contributed by atoms with Crippen LogP contribution in [0.5, 0.6) is 0 Å². The van der Waals surface area contributed by atoms with E-state index in [-0.39, 0.29) is 0 Å². The molecule has 0 bridgehead atoms. The third kappa shape index (κ3) is 3.84. The van der Waals surface area contributed by atoms with Crippen LogP contribution in [0.4, 0.5) is 5.82 Å². The maximum Gasteiger partial charge on any atom is 0.203 e. The SMILES string of the molecule is N#Cc1cccc(-c2ccc(Cn3cc(Cc4cc(N)nc5n[nH]nc45)cn3)cc2)c1. The molecule has 0 aliphatic carbocycles. The predicted molar refractivity (Wildman–Crippen MR) is 117 cm³/mol. The van der Waals surface area contributed by atoms with Gasteiger partial charge in [0.05, 0.1) is 24.4 Å². The molecular weight excluding hydrogens is 388 g/mol. The number of anilines is 1. The summed E-state index contributed by atoms with van der Waals surface area (Å²) in [4.78, 5) is 4.17. The lowest BCUT2D eigenvalue weighted by Crippen LogP contribution is -2.00. The highest BCUT2D eigenvalue weighted by Crippen LogP contribution is 2.22.